The number of amides is 1. The minimum absolute atomic E-state index is 0.0327. The molecular weight excluding hydrogens is 376 g/mol. The number of hydrogen-bond acceptors (Lipinski definition) is 3. The fourth-order valence-corrected chi connectivity index (χ4v) is 3.91. The van der Waals surface area contributed by atoms with E-state index in [1.807, 2.05) is 72.6 Å². The molecule has 5 nitrogen and oxygen atoms in total. The molecule has 1 amide bonds. The van der Waals surface area contributed by atoms with Gasteiger partial charge < -0.3 is 18.9 Å². The summed E-state index contributed by atoms with van der Waals surface area (Å²) in [6, 6.07) is 25.9. The van der Waals surface area contributed by atoms with Crippen molar-refractivity contribution in [1.82, 2.24) is 4.57 Å². The van der Waals surface area contributed by atoms with Gasteiger partial charge in [-0.3, -0.25) is 4.79 Å². The molecule has 150 valence electrons. The second-order valence-electron chi connectivity index (χ2n) is 7.43. The maximum atomic E-state index is 13.4. The molecule has 30 heavy (non-hydrogen) atoms. The molecule has 0 bridgehead atoms. The van der Waals surface area contributed by atoms with Crippen LogP contribution in [0, 0.1) is 0 Å². The van der Waals surface area contributed by atoms with E-state index in [1.54, 1.807) is 0 Å². The Bertz CT molecular complexity index is 1210. The average molecular weight is 398 g/mol. The SMILES string of the molecule is Cn1c(CN(C(=O)Cc2ccc3c(c2)OCO3)c2ccccc2)cc2ccccc21. The van der Waals surface area contributed by atoms with E-state index in [0.717, 1.165) is 28.2 Å². The minimum atomic E-state index is 0.0327. The highest BCUT2D eigenvalue weighted by atomic mass is 16.7. The molecule has 5 heteroatoms. The van der Waals surface area contributed by atoms with Crippen LogP contribution in [0.3, 0.4) is 0 Å². The maximum absolute atomic E-state index is 13.4. The Morgan fingerprint density at radius 2 is 1.70 bits per heavy atom. The van der Waals surface area contributed by atoms with Crippen LogP contribution in [0.1, 0.15) is 11.3 Å². The van der Waals surface area contributed by atoms with Crippen LogP contribution >= 0.6 is 0 Å². The molecule has 0 aliphatic carbocycles. The lowest BCUT2D eigenvalue weighted by atomic mass is 10.1. The highest BCUT2D eigenvalue weighted by molar-refractivity contribution is 5.95. The summed E-state index contributed by atoms with van der Waals surface area (Å²) in [6.07, 6.45) is 0.287. The smallest absolute Gasteiger partial charge is 0.231 e. The van der Waals surface area contributed by atoms with Crippen LogP contribution in [0.2, 0.25) is 0 Å². The van der Waals surface area contributed by atoms with Crippen molar-refractivity contribution in [1.29, 1.82) is 0 Å². The molecule has 0 saturated carbocycles. The number of para-hydroxylation sites is 2. The maximum Gasteiger partial charge on any atom is 0.231 e. The first kappa shape index (κ1) is 18.3. The summed E-state index contributed by atoms with van der Waals surface area (Å²) >= 11 is 0. The van der Waals surface area contributed by atoms with Crippen molar-refractivity contribution >= 4 is 22.5 Å². The van der Waals surface area contributed by atoms with Crippen LogP contribution in [0.4, 0.5) is 5.69 Å². The van der Waals surface area contributed by atoms with Gasteiger partial charge >= 0.3 is 0 Å². The fourth-order valence-electron chi connectivity index (χ4n) is 3.91. The number of aromatic nitrogens is 1. The summed E-state index contributed by atoms with van der Waals surface area (Å²) in [5.41, 5.74) is 4.03. The van der Waals surface area contributed by atoms with E-state index in [2.05, 4.69) is 22.8 Å². The molecular formula is C25H22N2O3. The number of rotatable bonds is 5. The van der Waals surface area contributed by atoms with Gasteiger partial charge in [0.05, 0.1) is 13.0 Å². The third-order valence-corrected chi connectivity index (χ3v) is 5.53. The van der Waals surface area contributed by atoms with Gasteiger partial charge in [-0.1, -0.05) is 42.5 Å². The Balaban J connectivity index is 1.46. The van der Waals surface area contributed by atoms with Crippen LogP contribution in [0.25, 0.3) is 10.9 Å². The molecule has 1 aromatic heterocycles. The van der Waals surface area contributed by atoms with Crippen LogP contribution in [0.5, 0.6) is 11.5 Å². The molecule has 0 radical (unpaired) electrons. The Morgan fingerprint density at radius 1 is 0.933 bits per heavy atom. The van der Waals surface area contributed by atoms with Crippen molar-refractivity contribution in [2.45, 2.75) is 13.0 Å². The van der Waals surface area contributed by atoms with Gasteiger partial charge in [-0.15, -0.1) is 0 Å². The number of aryl methyl sites for hydroxylation is 1. The first-order chi connectivity index (χ1) is 14.7. The number of carbonyl (C=O) groups excluding carboxylic acids is 1. The highest BCUT2D eigenvalue weighted by Crippen LogP contribution is 2.33. The summed E-state index contributed by atoms with van der Waals surface area (Å²) < 4.78 is 13.0. The number of nitrogens with zero attached hydrogens (tertiary/aromatic N) is 2. The normalized spacial score (nSPS) is 12.3. The van der Waals surface area contributed by atoms with Crippen molar-refractivity contribution in [3.8, 4) is 11.5 Å². The third-order valence-electron chi connectivity index (χ3n) is 5.53. The minimum Gasteiger partial charge on any atom is -0.454 e. The van der Waals surface area contributed by atoms with Gasteiger partial charge in [0, 0.05) is 23.9 Å². The molecule has 3 aromatic carbocycles. The van der Waals surface area contributed by atoms with E-state index in [-0.39, 0.29) is 19.1 Å². The standard InChI is InChI=1S/C25H22N2O3/c1-26-21(15-19-7-5-6-10-22(19)26)16-27(20-8-3-2-4-9-20)25(28)14-18-11-12-23-24(13-18)30-17-29-23/h2-13,15H,14,16-17H2,1H3. The number of hydrogen-bond donors (Lipinski definition) is 0. The second-order valence-corrected chi connectivity index (χ2v) is 7.43. The molecule has 0 saturated heterocycles. The molecule has 1 aliphatic heterocycles. The van der Waals surface area contributed by atoms with E-state index in [0.29, 0.717) is 12.3 Å². The van der Waals surface area contributed by atoms with Crippen LogP contribution in [-0.4, -0.2) is 17.3 Å². The Morgan fingerprint density at radius 3 is 2.53 bits per heavy atom. The molecule has 0 fully saturated rings. The zero-order chi connectivity index (χ0) is 20.5. The van der Waals surface area contributed by atoms with Crippen LogP contribution in [0.15, 0.2) is 78.9 Å². The van der Waals surface area contributed by atoms with Gasteiger partial charge in [-0.05, 0) is 47.3 Å². The summed E-state index contributed by atoms with van der Waals surface area (Å²) in [5.74, 6) is 1.45. The quantitative estimate of drug-likeness (QED) is 0.490. The summed E-state index contributed by atoms with van der Waals surface area (Å²) in [5, 5.41) is 1.17. The topological polar surface area (TPSA) is 43.7 Å². The molecule has 0 spiro atoms. The van der Waals surface area contributed by atoms with Gasteiger partial charge in [-0.2, -0.15) is 0 Å². The lowest BCUT2D eigenvalue weighted by Gasteiger charge is -2.23. The third kappa shape index (κ3) is 3.39. The van der Waals surface area contributed by atoms with E-state index < -0.39 is 0 Å². The van der Waals surface area contributed by atoms with Gasteiger partial charge in [0.1, 0.15) is 0 Å². The monoisotopic (exact) mass is 398 g/mol. The van der Waals surface area contributed by atoms with E-state index in [4.69, 9.17) is 9.47 Å². The molecule has 0 N–H and O–H groups in total. The Hall–Kier alpha value is -3.73. The highest BCUT2D eigenvalue weighted by Gasteiger charge is 2.20. The predicted molar refractivity (Wildman–Crippen MR) is 117 cm³/mol. The van der Waals surface area contributed by atoms with Gasteiger partial charge in [-0.25, -0.2) is 0 Å². The lowest BCUT2D eigenvalue weighted by molar-refractivity contribution is -0.118. The summed E-state index contributed by atoms with van der Waals surface area (Å²) in [7, 11) is 2.04. The largest absolute Gasteiger partial charge is 0.454 e. The van der Waals surface area contributed by atoms with Gasteiger partial charge in [0.2, 0.25) is 12.7 Å². The van der Waals surface area contributed by atoms with Crippen molar-refractivity contribution in [3.63, 3.8) is 0 Å². The van der Waals surface area contributed by atoms with Crippen molar-refractivity contribution < 1.29 is 14.3 Å². The molecule has 2 heterocycles. The fraction of sp³-hybridized carbons (Fsp3) is 0.160. The lowest BCUT2D eigenvalue weighted by Crippen LogP contribution is -2.32. The average Bonchev–Trinajstić information content (AvgIpc) is 3.37. The van der Waals surface area contributed by atoms with Gasteiger partial charge in [0.25, 0.3) is 0 Å². The number of carbonyl (C=O) groups is 1. The first-order valence-electron chi connectivity index (χ1n) is 9.96. The summed E-state index contributed by atoms with van der Waals surface area (Å²) in [4.78, 5) is 15.2. The zero-order valence-corrected chi connectivity index (χ0v) is 16.7. The first-order valence-corrected chi connectivity index (χ1v) is 9.96. The number of benzene rings is 3. The van der Waals surface area contributed by atoms with Crippen molar-refractivity contribution in [3.05, 3.63) is 90.1 Å². The van der Waals surface area contributed by atoms with E-state index in [9.17, 15) is 4.79 Å². The molecule has 4 aromatic rings. The van der Waals surface area contributed by atoms with E-state index in [1.165, 1.54) is 5.39 Å². The van der Waals surface area contributed by atoms with Crippen molar-refractivity contribution in [2.24, 2.45) is 7.05 Å². The summed E-state index contributed by atoms with van der Waals surface area (Å²) in [6.45, 7) is 0.725. The number of ether oxygens (including phenoxy) is 2. The Labute approximate surface area is 175 Å². The molecule has 5 rings (SSSR count). The predicted octanol–water partition coefficient (Wildman–Crippen LogP) is 4.68. The number of anilines is 1. The van der Waals surface area contributed by atoms with Gasteiger partial charge in [0.15, 0.2) is 11.5 Å². The van der Waals surface area contributed by atoms with Crippen LogP contribution in [-0.2, 0) is 24.8 Å². The zero-order valence-electron chi connectivity index (χ0n) is 16.7. The second kappa shape index (κ2) is 7.59. The molecule has 0 unspecified atom stereocenters. The molecule has 1 aliphatic rings. The van der Waals surface area contributed by atoms with Crippen LogP contribution < -0.4 is 14.4 Å². The van der Waals surface area contributed by atoms with E-state index >= 15 is 0 Å². The van der Waals surface area contributed by atoms with Crippen molar-refractivity contribution in [2.75, 3.05) is 11.7 Å². The number of fused-ring (bicyclic) bond motifs is 2. The Kier molecular flexibility index (Phi) is 4.64. The molecule has 0 atom stereocenters.